The van der Waals surface area contributed by atoms with Crippen LogP contribution in [0.3, 0.4) is 0 Å². The summed E-state index contributed by atoms with van der Waals surface area (Å²) in [5.41, 5.74) is 0. The van der Waals surface area contributed by atoms with E-state index in [0.29, 0.717) is 6.10 Å². The van der Waals surface area contributed by atoms with Crippen LogP contribution in [0.15, 0.2) is 4.99 Å². The van der Waals surface area contributed by atoms with Crippen LogP contribution in [0, 0.1) is 5.92 Å². The Hall–Kier alpha value is -0.770. The Morgan fingerprint density at radius 2 is 2.19 bits per heavy atom. The molecule has 0 aromatic heterocycles. The molecule has 4 nitrogen and oxygen atoms in total. The summed E-state index contributed by atoms with van der Waals surface area (Å²) >= 11 is 0. The second kappa shape index (κ2) is 6.09. The molecular weight excluding hydrogens is 202 g/mol. The number of nitrogens with one attached hydrogen (secondary N) is 2. The fourth-order valence-electron chi connectivity index (χ4n) is 1.88. The van der Waals surface area contributed by atoms with Gasteiger partial charge in [0.2, 0.25) is 0 Å². The minimum atomic E-state index is 0.379. The van der Waals surface area contributed by atoms with Crippen molar-refractivity contribution in [2.24, 2.45) is 10.9 Å². The van der Waals surface area contributed by atoms with Gasteiger partial charge in [0.25, 0.3) is 0 Å². The molecule has 2 N–H and O–H groups in total. The molecule has 1 saturated heterocycles. The number of rotatable bonds is 5. The molecular formula is C12H23N3O. The van der Waals surface area contributed by atoms with Gasteiger partial charge in [0.05, 0.1) is 6.10 Å². The molecule has 0 amide bonds. The van der Waals surface area contributed by atoms with E-state index in [1.54, 1.807) is 0 Å². The van der Waals surface area contributed by atoms with E-state index in [1.807, 2.05) is 0 Å². The number of hydrogen-bond acceptors (Lipinski definition) is 2. The predicted molar refractivity (Wildman–Crippen MR) is 65.7 cm³/mol. The number of hydrogen-bond donors (Lipinski definition) is 2. The van der Waals surface area contributed by atoms with Crippen LogP contribution in [0.5, 0.6) is 0 Å². The van der Waals surface area contributed by atoms with Gasteiger partial charge in [0.1, 0.15) is 0 Å². The topological polar surface area (TPSA) is 45.7 Å². The summed E-state index contributed by atoms with van der Waals surface area (Å²) in [5.74, 6) is 1.79. The van der Waals surface area contributed by atoms with Crippen LogP contribution in [0.25, 0.3) is 0 Å². The molecule has 0 aromatic rings. The number of guanidine groups is 1. The lowest BCUT2D eigenvalue weighted by molar-refractivity contribution is 0.114. The lowest BCUT2D eigenvalue weighted by Gasteiger charge is -2.14. The normalized spacial score (nSPS) is 25.8. The molecule has 92 valence electrons. The van der Waals surface area contributed by atoms with Gasteiger partial charge >= 0.3 is 0 Å². The lowest BCUT2D eigenvalue weighted by atomic mass is 10.2. The van der Waals surface area contributed by atoms with Crippen LogP contribution >= 0.6 is 0 Å². The SMILES string of the molecule is CCNC(=NCC1CC1)NCC1CCCO1. The third-order valence-corrected chi connectivity index (χ3v) is 3.07. The first kappa shape index (κ1) is 11.7. The second-order valence-electron chi connectivity index (χ2n) is 4.68. The summed E-state index contributed by atoms with van der Waals surface area (Å²) in [7, 11) is 0. The maximum Gasteiger partial charge on any atom is 0.191 e. The largest absolute Gasteiger partial charge is 0.376 e. The fourth-order valence-corrected chi connectivity index (χ4v) is 1.88. The average molecular weight is 225 g/mol. The van der Waals surface area contributed by atoms with Crippen LogP contribution in [0.2, 0.25) is 0 Å². The highest BCUT2D eigenvalue weighted by Gasteiger charge is 2.21. The summed E-state index contributed by atoms with van der Waals surface area (Å²) in [5, 5.41) is 6.63. The van der Waals surface area contributed by atoms with Crippen molar-refractivity contribution in [1.82, 2.24) is 10.6 Å². The summed E-state index contributed by atoms with van der Waals surface area (Å²) < 4.78 is 5.57. The Labute approximate surface area is 97.9 Å². The third-order valence-electron chi connectivity index (χ3n) is 3.07. The molecule has 1 aliphatic heterocycles. The molecule has 0 radical (unpaired) electrons. The maximum absolute atomic E-state index is 5.57. The van der Waals surface area contributed by atoms with E-state index >= 15 is 0 Å². The fraction of sp³-hybridized carbons (Fsp3) is 0.917. The quantitative estimate of drug-likeness (QED) is 0.544. The van der Waals surface area contributed by atoms with Gasteiger partial charge in [-0.3, -0.25) is 4.99 Å². The Balaban J connectivity index is 1.69. The summed E-state index contributed by atoms with van der Waals surface area (Å²) in [4.78, 5) is 4.58. The third kappa shape index (κ3) is 4.00. The molecule has 2 fully saturated rings. The molecule has 0 bridgehead atoms. The molecule has 1 unspecified atom stereocenters. The van der Waals surface area contributed by atoms with Crippen molar-refractivity contribution < 1.29 is 4.74 Å². The predicted octanol–water partition coefficient (Wildman–Crippen LogP) is 1.13. The van der Waals surface area contributed by atoms with E-state index in [9.17, 15) is 0 Å². The molecule has 1 aliphatic carbocycles. The number of aliphatic imine (C=N–C) groups is 1. The van der Waals surface area contributed by atoms with E-state index < -0.39 is 0 Å². The molecule has 4 heteroatoms. The van der Waals surface area contributed by atoms with Crippen molar-refractivity contribution in [2.75, 3.05) is 26.2 Å². The van der Waals surface area contributed by atoms with Crippen molar-refractivity contribution in [3.05, 3.63) is 0 Å². The first-order valence-corrected chi connectivity index (χ1v) is 6.52. The van der Waals surface area contributed by atoms with E-state index in [4.69, 9.17) is 4.74 Å². The van der Waals surface area contributed by atoms with Gasteiger partial charge in [-0.1, -0.05) is 0 Å². The van der Waals surface area contributed by atoms with Crippen LogP contribution in [0.1, 0.15) is 32.6 Å². The van der Waals surface area contributed by atoms with Crippen molar-refractivity contribution in [2.45, 2.75) is 38.7 Å². The first-order valence-electron chi connectivity index (χ1n) is 6.52. The summed E-state index contributed by atoms with van der Waals surface area (Å²) in [6.07, 6.45) is 5.46. The van der Waals surface area contributed by atoms with Gasteiger partial charge in [0, 0.05) is 26.2 Å². The van der Waals surface area contributed by atoms with Crippen LogP contribution < -0.4 is 10.6 Å². The first-order chi connectivity index (χ1) is 7.88. The van der Waals surface area contributed by atoms with Crippen LogP contribution in [0.4, 0.5) is 0 Å². The van der Waals surface area contributed by atoms with Gasteiger partial charge < -0.3 is 15.4 Å². The standard InChI is InChI=1S/C12H23N3O/c1-2-13-12(14-8-10-5-6-10)15-9-11-4-3-7-16-11/h10-11H,2-9H2,1H3,(H2,13,14,15). The van der Waals surface area contributed by atoms with E-state index in [1.165, 1.54) is 25.7 Å². The molecule has 1 heterocycles. The lowest BCUT2D eigenvalue weighted by Crippen LogP contribution is -2.41. The van der Waals surface area contributed by atoms with E-state index in [0.717, 1.165) is 38.1 Å². The molecule has 2 aliphatic rings. The molecule has 0 spiro atoms. The van der Waals surface area contributed by atoms with E-state index in [-0.39, 0.29) is 0 Å². The zero-order valence-corrected chi connectivity index (χ0v) is 10.2. The van der Waals surface area contributed by atoms with Gasteiger partial charge in [0.15, 0.2) is 5.96 Å². The Morgan fingerprint density at radius 3 is 2.81 bits per heavy atom. The van der Waals surface area contributed by atoms with Gasteiger partial charge in [-0.25, -0.2) is 0 Å². The smallest absolute Gasteiger partial charge is 0.191 e. The molecule has 1 saturated carbocycles. The highest BCUT2D eigenvalue weighted by molar-refractivity contribution is 5.79. The molecule has 0 aromatic carbocycles. The minimum absolute atomic E-state index is 0.379. The maximum atomic E-state index is 5.57. The summed E-state index contributed by atoms with van der Waals surface area (Å²) in [6, 6.07) is 0. The van der Waals surface area contributed by atoms with Crippen molar-refractivity contribution in [3.8, 4) is 0 Å². The molecule has 2 rings (SSSR count). The van der Waals surface area contributed by atoms with Gasteiger partial charge in [-0.15, -0.1) is 0 Å². The highest BCUT2D eigenvalue weighted by atomic mass is 16.5. The van der Waals surface area contributed by atoms with Gasteiger partial charge in [-0.05, 0) is 38.5 Å². The van der Waals surface area contributed by atoms with Crippen LogP contribution in [-0.2, 0) is 4.74 Å². The Bertz CT molecular complexity index is 232. The Kier molecular flexibility index (Phi) is 4.45. The highest BCUT2D eigenvalue weighted by Crippen LogP contribution is 2.28. The Morgan fingerprint density at radius 1 is 1.31 bits per heavy atom. The zero-order chi connectivity index (χ0) is 11.2. The van der Waals surface area contributed by atoms with Gasteiger partial charge in [-0.2, -0.15) is 0 Å². The zero-order valence-electron chi connectivity index (χ0n) is 10.2. The number of ether oxygens (including phenoxy) is 1. The van der Waals surface area contributed by atoms with Crippen molar-refractivity contribution in [1.29, 1.82) is 0 Å². The minimum Gasteiger partial charge on any atom is -0.376 e. The van der Waals surface area contributed by atoms with Crippen LogP contribution in [-0.4, -0.2) is 38.3 Å². The molecule has 1 atom stereocenters. The average Bonchev–Trinajstić information content (AvgIpc) is 2.97. The summed E-state index contributed by atoms with van der Waals surface area (Å²) in [6.45, 7) is 5.79. The monoisotopic (exact) mass is 225 g/mol. The number of nitrogens with zero attached hydrogens (tertiary/aromatic N) is 1. The second-order valence-corrected chi connectivity index (χ2v) is 4.68. The van der Waals surface area contributed by atoms with E-state index in [2.05, 4.69) is 22.5 Å². The molecule has 16 heavy (non-hydrogen) atoms. The van der Waals surface area contributed by atoms with Crippen molar-refractivity contribution >= 4 is 5.96 Å². The van der Waals surface area contributed by atoms with Crippen molar-refractivity contribution in [3.63, 3.8) is 0 Å².